The van der Waals surface area contributed by atoms with E-state index in [1.165, 1.54) is 71.6 Å². The number of rotatable bonds is 13. The van der Waals surface area contributed by atoms with Crippen molar-refractivity contribution in [3.8, 4) is 0 Å². The van der Waals surface area contributed by atoms with Gasteiger partial charge in [0.05, 0.1) is 0 Å². The van der Waals surface area contributed by atoms with Crippen molar-refractivity contribution in [2.24, 2.45) is 11.3 Å². The molecule has 5 heteroatoms. The average Bonchev–Trinajstić information content (AvgIpc) is 3.13. The zero-order valence-corrected chi connectivity index (χ0v) is 23.1. The van der Waals surface area contributed by atoms with Gasteiger partial charge in [0, 0.05) is 0 Å². The Labute approximate surface area is 188 Å². The van der Waals surface area contributed by atoms with E-state index in [9.17, 15) is 9.59 Å². The standard InChI is InChI=1S/C13H17O4.3C4H9.Sn/c1-8(2)10-7-13(6-9(10)3,11(14)16-4)12(15)17-5;3*1-3-4-2;/h3,10H,1,6-7H2,2,4-5H3;3*1,3-4H2,2H3;. The van der Waals surface area contributed by atoms with Gasteiger partial charge in [0.25, 0.3) is 0 Å². The molecule has 4 nitrogen and oxygen atoms in total. The molecular weight excluding hydrogens is 483 g/mol. The van der Waals surface area contributed by atoms with E-state index >= 15 is 0 Å². The van der Waals surface area contributed by atoms with Crippen molar-refractivity contribution in [1.29, 1.82) is 0 Å². The third kappa shape index (κ3) is 6.61. The zero-order valence-electron chi connectivity index (χ0n) is 20.3. The van der Waals surface area contributed by atoms with Crippen molar-refractivity contribution in [3.05, 3.63) is 21.8 Å². The van der Waals surface area contributed by atoms with Crippen molar-refractivity contribution < 1.29 is 19.1 Å². The number of allylic oxidation sites excluding steroid dienone is 2. The summed E-state index contributed by atoms with van der Waals surface area (Å²) < 4.78 is 16.9. The Morgan fingerprint density at radius 1 is 1.00 bits per heavy atom. The number of esters is 2. The van der Waals surface area contributed by atoms with Crippen LogP contribution < -0.4 is 0 Å². The summed E-state index contributed by atoms with van der Waals surface area (Å²) in [6.07, 6.45) is 8.35. The molecule has 1 unspecified atom stereocenters. The van der Waals surface area contributed by atoms with Gasteiger partial charge in [-0.3, -0.25) is 0 Å². The molecule has 0 aromatic carbocycles. The number of carbonyl (C=O) groups is 2. The van der Waals surface area contributed by atoms with Gasteiger partial charge in [-0.05, 0) is 0 Å². The normalized spacial score (nSPS) is 19.7. The van der Waals surface area contributed by atoms with Crippen LogP contribution in [0, 0.1) is 11.3 Å². The molecule has 30 heavy (non-hydrogen) atoms. The first kappa shape index (κ1) is 27.3. The summed E-state index contributed by atoms with van der Waals surface area (Å²) in [6.45, 7) is 13.1. The molecular formula is C25H44O4Sn. The first-order valence-corrected chi connectivity index (χ1v) is 19.5. The molecule has 0 bridgehead atoms. The van der Waals surface area contributed by atoms with Gasteiger partial charge in [0.2, 0.25) is 0 Å². The van der Waals surface area contributed by atoms with Crippen molar-refractivity contribution in [3.63, 3.8) is 0 Å². The molecule has 0 spiro atoms. The van der Waals surface area contributed by atoms with Gasteiger partial charge in [0.1, 0.15) is 0 Å². The Kier molecular flexibility index (Phi) is 11.7. The van der Waals surface area contributed by atoms with Crippen molar-refractivity contribution >= 4 is 30.3 Å². The van der Waals surface area contributed by atoms with E-state index in [-0.39, 0.29) is 5.92 Å². The maximum atomic E-state index is 12.8. The van der Waals surface area contributed by atoms with Gasteiger partial charge in [-0.1, -0.05) is 0 Å². The van der Waals surface area contributed by atoms with E-state index in [1.807, 2.05) is 6.92 Å². The molecule has 1 rings (SSSR count). The van der Waals surface area contributed by atoms with Gasteiger partial charge >= 0.3 is 189 Å². The Balaban J connectivity index is 3.50. The van der Waals surface area contributed by atoms with E-state index in [2.05, 4.69) is 31.4 Å². The Morgan fingerprint density at radius 2 is 1.43 bits per heavy atom. The van der Waals surface area contributed by atoms with Crippen molar-refractivity contribution in [1.82, 2.24) is 0 Å². The quantitative estimate of drug-likeness (QED) is 0.117. The minimum atomic E-state index is -2.59. The number of hydrogen-bond donors (Lipinski definition) is 0. The van der Waals surface area contributed by atoms with Gasteiger partial charge in [-0.15, -0.1) is 0 Å². The molecule has 0 saturated heterocycles. The molecule has 1 aliphatic carbocycles. The summed E-state index contributed by atoms with van der Waals surface area (Å²) in [6, 6.07) is 0. The van der Waals surface area contributed by atoms with Crippen LogP contribution in [-0.2, 0) is 19.1 Å². The molecule has 1 fully saturated rings. The van der Waals surface area contributed by atoms with E-state index < -0.39 is 35.7 Å². The van der Waals surface area contributed by atoms with Crippen LogP contribution in [0.15, 0.2) is 21.8 Å². The molecule has 1 saturated carbocycles. The van der Waals surface area contributed by atoms with E-state index in [4.69, 9.17) is 9.47 Å². The number of unbranched alkanes of at least 4 members (excludes halogenated alkanes) is 3. The fourth-order valence-electron chi connectivity index (χ4n) is 5.02. The van der Waals surface area contributed by atoms with Crippen LogP contribution in [0.25, 0.3) is 0 Å². The Hall–Kier alpha value is -0.781. The molecule has 0 amide bonds. The van der Waals surface area contributed by atoms with Gasteiger partial charge in [-0.25, -0.2) is 0 Å². The fraction of sp³-hybridized carbons (Fsp3) is 0.760. The van der Waals surface area contributed by atoms with Crippen molar-refractivity contribution in [2.75, 3.05) is 14.2 Å². The second-order valence-corrected chi connectivity index (χ2v) is 22.1. The monoisotopic (exact) mass is 528 g/mol. The maximum absolute atomic E-state index is 12.8. The second-order valence-electron chi connectivity index (χ2n) is 9.24. The van der Waals surface area contributed by atoms with Crippen LogP contribution in [-0.4, -0.2) is 44.5 Å². The number of methoxy groups -OCH3 is 2. The summed E-state index contributed by atoms with van der Waals surface area (Å²) in [4.78, 5) is 25.5. The van der Waals surface area contributed by atoms with Crippen LogP contribution in [0.2, 0.25) is 13.3 Å². The van der Waals surface area contributed by atoms with Crippen LogP contribution in [0.3, 0.4) is 0 Å². The minimum absolute atomic E-state index is 0.0594. The molecule has 1 atom stereocenters. The molecule has 0 aromatic heterocycles. The molecule has 1 aliphatic rings. The fourth-order valence-corrected chi connectivity index (χ4v) is 20.6. The average molecular weight is 527 g/mol. The first-order valence-electron chi connectivity index (χ1n) is 11.8. The Morgan fingerprint density at radius 3 is 1.77 bits per heavy atom. The van der Waals surface area contributed by atoms with Gasteiger partial charge < -0.3 is 0 Å². The van der Waals surface area contributed by atoms with Gasteiger partial charge in [-0.2, -0.15) is 0 Å². The summed E-state index contributed by atoms with van der Waals surface area (Å²) in [7, 11) is 2.72. The zero-order chi connectivity index (χ0) is 22.8. The first-order chi connectivity index (χ1) is 14.3. The SMILES string of the molecule is C=C(C)C1CC(C(=O)OC)(C(=O)OC)C/C1=[CH]\[Sn]([CH2]CCC)([CH2]CCC)[CH2]CCC. The van der Waals surface area contributed by atoms with Crippen LogP contribution >= 0.6 is 0 Å². The van der Waals surface area contributed by atoms with Crippen LogP contribution in [0.5, 0.6) is 0 Å². The molecule has 0 aromatic rings. The van der Waals surface area contributed by atoms with Gasteiger partial charge in [0.15, 0.2) is 0 Å². The summed E-state index contributed by atoms with van der Waals surface area (Å²) >= 11 is -2.59. The van der Waals surface area contributed by atoms with Crippen molar-refractivity contribution in [2.45, 2.75) is 92.4 Å². The predicted molar refractivity (Wildman–Crippen MR) is 127 cm³/mol. The van der Waals surface area contributed by atoms with E-state index in [0.717, 1.165) is 5.57 Å². The molecule has 172 valence electrons. The number of carbonyl (C=O) groups excluding carboxylic acids is 2. The molecule has 0 N–H and O–H groups in total. The number of hydrogen-bond acceptors (Lipinski definition) is 4. The van der Waals surface area contributed by atoms with E-state index in [1.54, 1.807) is 0 Å². The van der Waals surface area contributed by atoms with E-state index in [0.29, 0.717) is 12.8 Å². The summed E-state index contributed by atoms with van der Waals surface area (Å²) in [5.74, 6) is -0.884. The predicted octanol–water partition coefficient (Wildman–Crippen LogP) is 6.62. The summed E-state index contributed by atoms with van der Waals surface area (Å²) in [5.41, 5.74) is 1.06. The third-order valence-electron chi connectivity index (χ3n) is 6.83. The van der Waals surface area contributed by atoms with Crippen LogP contribution in [0.1, 0.15) is 79.1 Å². The Bertz CT molecular complexity index is 585. The second kappa shape index (κ2) is 12.9. The molecule has 0 radical (unpaired) electrons. The number of ether oxygens (including phenoxy) is 2. The molecule has 0 aliphatic heterocycles. The topological polar surface area (TPSA) is 52.6 Å². The summed E-state index contributed by atoms with van der Waals surface area (Å²) in [5, 5.41) is 0. The molecule has 0 heterocycles. The van der Waals surface area contributed by atoms with Crippen LogP contribution in [0.4, 0.5) is 0 Å². The third-order valence-corrected chi connectivity index (χ3v) is 21.2.